The number of quaternary nitrogens is 1. The van der Waals surface area contributed by atoms with Crippen LogP contribution in [-0.4, -0.2) is 68.5 Å². The van der Waals surface area contributed by atoms with E-state index in [2.05, 4.69) is 5.32 Å². The van der Waals surface area contributed by atoms with Crippen molar-refractivity contribution in [1.82, 2.24) is 9.80 Å². The molecular weight excluding hydrogens is 431 g/mol. The number of benzene rings is 1. The minimum atomic E-state index is -1.36. The number of nitrogens with two attached hydrogens (primary N) is 2. The Morgan fingerprint density at radius 3 is 2.70 bits per heavy atom. The fourth-order valence-corrected chi connectivity index (χ4v) is 5.85. The van der Waals surface area contributed by atoms with E-state index in [4.69, 9.17) is 16.2 Å². The zero-order chi connectivity index (χ0) is 23.8. The minimum Gasteiger partial charge on any atom is -0.753 e. The summed E-state index contributed by atoms with van der Waals surface area (Å²) in [6.07, 6.45) is 4.74. The molecule has 3 atom stereocenters. The molecule has 0 spiro atoms. The molecule has 0 radical (unpaired) electrons. The normalized spacial score (nSPS) is 33.8. The maximum absolute atomic E-state index is 15.7. The van der Waals surface area contributed by atoms with E-state index in [1.165, 1.54) is 13.3 Å². The van der Waals surface area contributed by atoms with Gasteiger partial charge in [-0.3, -0.25) is 4.48 Å². The van der Waals surface area contributed by atoms with Gasteiger partial charge in [0, 0.05) is 38.5 Å². The Balaban J connectivity index is 1.67. The Labute approximate surface area is 191 Å². The number of halogens is 1. The van der Waals surface area contributed by atoms with E-state index in [0.717, 1.165) is 31.9 Å². The van der Waals surface area contributed by atoms with Gasteiger partial charge in [-0.25, -0.2) is 9.18 Å². The SMILES string of the molecule is COc1c(N2C[C@]3(N)CCCNC[C@]3(N)C2)c(F)cc2c1[N+](C)(C1CC1)C=C(C(=O)O)N2[O-]. The van der Waals surface area contributed by atoms with Gasteiger partial charge in [-0.15, -0.1) is 0 Å². The molecule has 1 saturated carbocycles. The molecule has 4 aliphatic rings. The summed E-state index contributed by atoms with van der Waals surface area (Å²) in [5.74, 6) is -1.80. The summed E-state index contributed by atoms with van der Waals surface area (Å²) in [5.41, 5.74) is 12.3. The quantitative estimate of drug-likeness (QED) is 0.478. The molecule has 3 aliphatic heterocycles. The standard InChI is InChI=1S/C22H31FN6O4/c1-29(13-4-5-13)9-16(20(30)31)28(32)15-8-14(23)17(19(33-2)18(15)29)27-11-21(24)6-3-7-26-10-22(21,25)12-27/h8-9,13,26H,3-7,10-12,24-25H2,1-2H3,(H,30,31)/t21-,22+,29?/m1/s1. The molecule has 180 valence electrons. The van der Waals surface area contributed by atoms with Gasteiger partial charge in [-0.2, -0.15) is 0 Å². The van der Waals surface area contributed by atoms with Gasteiger partial charge in [-0.1, -0.05) is 0 Å². The van der Waals surface area contributed by atoms with Gasteiger partial charge < -0.3 is 41.8 Å². The third kappa shape index (κ3) is 3.14. The number of carboxylic acids is 1. The predicted molar refractivity (Wildman–Crippen MR) is 123 cm³/mol. The van der Waals surface area contributed by atoms with E-state index < -0.39 is 28.6 Å². The van der Waals surface area contributed by atoms with Crippen molar-refractivity contribution in [2.45, 2.75) is 42.8 Å². The molecule has 0 bridgehead atoms. The second-order valence-corrected chi connectivity index (χ2v) is 10.0. The fraction of sp³-hybridized carbons (Fsp3) is 0.591. The van der Waals surface area contributed by atoms with Gasteiger partial charge >= 0.3 is 5.97 Å². The highest BCUT2D eigenvalue weighted by molar-refractivity contribution is 5.98. The number of methoxy groups -OCH3 is 1. The highest BCUT2D eigenvalue weighted by Crippen LogP contribution is 2.56. The average molecular weight is 463 g/mol. The number of nitrogens with one attached hydrogen (secondary N) is 1. The first kappa shape index (κ1) is 22.4. The third-order valence-corrected chi connectivity index (χ3v) is 7.87. The molecule has 11 heteroatoms. The van der Waals surface area contributed by atoms with Crippen LogP contribution in [0.25, 0.3) is 0 Å². The summed E-state index contributed by atoms with van der Waals surface area (Å²) in [5, 5.41) is 26.2. The van der Waals surface area contributed by atoms with Crippen LogP contribution in [0.15, 0.2) is 18.0 Å². The van der Waals surface area contributed by atoms with Crippen molar-refractivity contribution in [2.24, 2.45) is 11.5 Å². The molecule has 1 aromatic carbocycles. The summed E-state index contributed by atoms with van der Waals surface area (Å²) in [6.45, 7) is 2.03. The summed E-state index contributed by atoms with van der Waals surface area (Å²) in [4.78, 5) is 13.6. The van der Waals surface area contributed by atoms with Crippen molar-refractivity contribution in [1.29, 1.82) is 0 Å². The number of aliphatic carboxylic acids is 1. The largest absolute Gasteiger partial charge is 0.753 e. The lowest BCUT2D eigenvalue weighted by Crippen LogP contribution is -2.68. The fourth-order valence-electron chi connectivity index (χ4n) is 5.85. The number of carbonyl (C=O) groups is 1. The monoisotopic (exact) mass is 462 g/mol. The van der Waals surface area contributed by atoms with Gasteiger partial charge in [0.05, 0.1) is 31.3 Å². The maximum atomic E-state index is 15.7. The van der Waals surface area contributed by atoms with Crippen LogP contribution in [0.2, 0.25) is 0 Å². The zero-order valence-electron chi connectivity index (χ0n) is 18.9. The molecule has 2 saturated heterocycles. The second kappa shape index (κ2) is 7.28. The zero-order valence-corrected chi connectivity index (χ0v) is 18.9. The first-order valence-corrected chi connectivity index (χ1v) is 11.3. The van der Waals surface area contributed by atoms with Crippen molar-refractivity contribution >= 4 is 23.0 Å². The highest BCUT2D eigenvalue weighted by atomic mass is 19.1. The summed E-state index contributed by atoms with van der Waals surface area (Å²) < 4.78 is 21.5. The van der Waals surface area contributed by atoms with Crippen LogP contribution in [0.3, 0.4) is 0 Å². The van der Waals surface area contributed by atoms with Crippen LogP contribution in [0.4, 0.5) is 21.5 Å². The number of fused-ring (bicyclic) bond motifs is 2. The number of hydrogen-bond acceptors (Lipinski definition) is 8. The van der Waals surface area contributed by atoms with Gasteiger partial charge in [-0.05, 0) is 19.4 Å². The van der Waals surface area contributed by atoms with Gasteiger partial charge in [0.2, 0.25) is 11.4 Å². The first-order chi connectivity index (χ1) is 15.5. The average Bonchev–Trinajstić information content (AvgIpc) is 3.58. The topological polar surface area (TPSA) is 140 Å². The Bertz CT molecular complexity index is 1030. The second-order valence-electron chi connectivity index (χ2n) is 10.0. The molecule has 10 nitrogen and oxygen atoms in total. The van der Waals surface area contributed by atoms with E-state index >= 15 is 4.39 Å². The molecule has 0 aromatic heterocycles. The molecule has 1 unspecified atom stereocenters. The Morgan fingerprint density at radius 2 is 2.06 bits per heavy atom. The van der Waals surface area contributed by atoms with Crippen LogP contribution >= 0.6 is 0 Å². The van der Waals surface area contributed by atoms with E-state index in [-0.39, 0.29) is 32.7 Å². The number of carboxylic acid groups (broad SMARTS) is 1. The first-order valence-electron chi connectivity index (χ1n) is 11.3. The van der Waals surface area contributed by atoms with Crippen LogP contribution in [0, 0.1) is 11.0 Å². The molecule has 5 rings (SSSR count). The number of rotatable bonds is 4. The third-order valence-electron chi connectivity index (χ3n) is 7.87. The van der Waals surface area contributed by atoms with E-state index in [0.29, 0.717) is 31.7 Å². The lowest BCUT2D eigenvalue weighted by atomic mass is 9.79. The van der Waals surface area contributed by atoms with Crippen molar-refractivity contribution < 1.29 is 19.0 Å². The molecule has 1 aliphatic carbocycles. The van der Waals surface area contributed by atoms with Crippen molar-refractivity contribution in [3.05, 3.63) is 29.0 Å². The maximum Gasteiger partial charge on any atom is 0.357 e. The van der Waals surface area contributed by atoms with Crippen molar-refractivity contribution in [2.75, 3.05) is 50.3 Å². The van der Waals surface area contributed by atoms with Gasteiger partial charge in [0.25, 0.3) is 0 Å². The van der Waals surface area contributed by atoms with Gasteiger partial charge in [0.15, 0.2) is 11.5 Å². The minimum absolute atomic E-state index is 0.0533. The van der Waals surface area contributed by atoms with Crippen LogP contribution < -0.4 is 36.0 Å². The number of ether oxygens (including phenoxy) is 1. The summed E-state index contributed by atoms with van der Waals surface area (Å²) in [6, 6.07) is 1.20. The molecule has 0 amide bonds. The predicted octanol–water partition coefficient (Wildman–Crippen LogP) is 0.776. The molecular formula is C22H31FN6O4. The summed E-state index contributed by atoms with van der Waals surface area (Å²) >= 11 is 0. The number of nitrogens with zero attached hydrogens (tertiary/aromatic N) is 3. The van der Waals surface area contributed by atoms with Gasteiger partial charge in [0.1, 0.15) is 17.6 Å². The Kier molecular flexibility index (Phi) is 4.93. The molecule has 1 aromatic rings. The van der Waals surface area contributed by atoms with E-state index in [9.17, 15) is 15.1 Å². The lowest BCUT2D eigenvalue weighted by molar-refractivity contribution is -0.132. The smallest absolute Gasteiger partial charge is 0.357 e. The summed E-state index contributed by atoms with van der Waals surface area (Å²) in [7, 11) is 3.27. The Hall–Kier alpha value is -2.44. The molecule has 6 N–H and O–H groups in total. The van der Waals surface area contributed by atoms with Crippen molar-refractivity contribution in [3.63, 3.8) is 0 Å². The van der Waals surface area contributed by atoms with E-state index in [1.807, 2.05) is 11.9 Å². The highest BCUT2D eigenvalue weighted by Gasteiger charge is 2.56. The van der Waals surface area contributed by atoms with Crippen LogP contribution in [-0.2, 0) is 4.79 Å². The van der Waals surface area contributed by atoms with E-state index in [1.54, 1.807) is 0 Å². The lowest BCUT2D eigenvalue weighted by Gasteiger charge is -2.44. The van der Waals surface area contributed by atoms with Crippen LogP contribution in [0.1, 0.15) is 25.7 Å². The molecule has 33 heavy (non-hydrogen) atoms. The molecule has 3 heterocycles. The molecule has 3 fully saturated rings. The van der Waals surface area contributed by atoms with Crippen LogP contribution in [0.5, 0.6) is 5.75 Å². The van der Waals surface area contributed by atoms with Crippen molar-refractivity contribution in [3.8, 4) is 5.75 Å². The number of hydroxylamine groups is 1. The Morgan fingerprint density at radius 1 is 1.36 bits per heavy atom. The number of hydrogen-bond donors (Lipinski definition) is 4. The number of anilines is 2.